The molecule has 2 N–H and O–H groups in total. The number of hydrogen-bond acceptors (Lipinski definition) is 3. The lowest BCUT2D eigenvalue weighted by molar-refractivity contribution is -0.138. The van der Waals surface area contributed by atoms with Crippen molar-refractivity contribution in [2.24, 2.45) is 7.05 Å². The third-order valence-corrected chi connectivity index (χ3v) is 3.44. The van der Waals surface area contributed by atoms with Gasteiger partial charge in [0.05, 0.1) is 11.8 Å². The van der Waals surface area contributed by atoms with Crippen molar-refractivity contribution in [3.05, 3.63) is 53.1 Å². The van der Waals surface area contributed by atoms with E-state index < -0.39 is 29.5 Å². The van der Waals surface area contributed by atoms with E-state index in [0.717, 1.165) is 12.1 Å². The normalized spacial score (nSPS) is 12.9. The SMILES string of the molecule is CNC(C(=O)NCc1ccc(F)cc1C(F)(F)F)c1cnn(C)c1. The predicted octanol–water partition coefficient (Wildman–Crippen LogP) is 2.15. The zero-order valence-corrected chi connectivity index (χ0v) is 13.0. The number of carbonyl (C=O) groups is 1. The average molecular weight is 344 g/mol. The molecule has 1 amide bonds. The molecule has 0 aliphatic rings. The summed E-state index contributed by atoms with van der Waals surface area (Å²) in [5, 5.41) is 9.15. The Labute approximate surface area is 135 Å². The molecule has 24 heavy (non-hydrogen) atoms. The molecule has 2 aromatic rings. The van der Waals surface area contributed by atoms with Gasteiger partial charge in [0, 0.05) is 25.4 Å². The van der Waals surface area contributed by atoms with Crippen LogP contribution in [0.2, 0.25) is 0 Å². The Morgan fingerprint density at radius 3 is 2.62 bits per heavy atom. The summed E-state index contributed by atoms with van der Waals surface area (Å²) in [6.45, 7) is -0.369. The smallest absolute Gasteiger partial charge is 0.350 e. The molecule has 130 valence electrons. The summed E-state index contributed by atoms with van der Waals surface area (Å²) in [7, 11) is 3.23. The molecule has 0 spiro atoms. The quantitative estimate of drug-likeness (QED) is 0.817. The van der Waals surface area contributed by atoms with E-state index in [9.17, 15) is 22.4 Å². The molecule has 0 saturated carbocycles. The van der Waals surface area contributed by atoms with Gasteiger partial charge in [-0.2, -0.15) is 18.3 Å². The Morgan fingerprint density at radius 1 is 1.38 bits per heavy atom. The minimum Gasteiger partial charge on any atom is -0.350 e. The summed E-state index contributed by atoms with van der Waals surface area (Å²) in [6.07, 6.45) is -1.59. The van der Waals surface area contributed by atoms with E-state index in [1.54, 1.807) is 20.3 Å². The number of likely N-dealkylation sites (N-methyl/N-ethyl adjacent to an activating group) is 1. The second-order valence-corrected chi connectivity index (χ2v) is 5.19. The molecule has 0 fully saturated rings. The number of benzene rings is 1. The van der Waals surface area contributed by atoms with Crippen LogP contribution in [-0.2, 0) is 24.6 Å². The molecule has 9 heteroatoms. The van der Waals surface area contributed by atoms with E-state index in [1.165, 1.54) is 10.9 Å². The first-order valence-electron chi connectivity index (χ1n) is 7.01. The molecule has 2 rings (SSSR count). The molecule has 0 aliphatic carbocycles. The third-order valence-electron chi connectivity index (χ3n) is 3.44. The molecule has 1 atom stereocenters. The summed E-state index contributed by atoms with van der Waals surface area (Å²) >= 11 is 0. The monoisotopic (exact) mass is 344 g/mol. The van der Waals surface area contributed by atoms with Crippen molar-refractivity contribution < 1.29 is 22.4 Å². The first kappa shape index (κ1) is 17.9. The summed E-state index contributed by atoms with van der Waals surface area (Å²) in [4.78, 5) is 12.2. The average Bonchev–Trinajstić information content (AvgIpc) is 2.92. The molecule has 0 radical (unpaired) electrons. The highest BCUT2D eigenvalue weighted by Gasteiger charge is 2.34. The summed E-state index contributed by atoms with van der Waals surface area (Å²) < 4.78 is 53.4. The zero-order valence-electron chi connectivity index (χ0n) is 13.0. The molecule has 1 aromatic carbocycles. The zero-order chi connectivity index (χ0) is 17.9. The number of aryl methyl sites for hydroxylation is 1. The molecule has 1 heterocycles. The van der Waals surface area contributed by atoms with Crippen LogP contribution in [0.25, 0.3) is 0 Å². The molecule has 0 aliphatic heterocycles. The van der Waals surface area contributed by atoms with Gasteiger partial charge in [-0.3, -0.25) is 9.48 Å². The van der Waals surface area contributed by atoms with Crippen molar-refractivity contribution >= 4 is 5.91 Å². The fourth-order valence-electron chi connectivity index (χ4n) is 2.29. The van der Waals surface area contributed by atoms with Crippen molar-refractivity contribution in [2.45, 2.75) is 18.8 Å². The highest BCUT2D eigenvalue weighted by molar-refractivity contribution is 5.83. The topological polar surface area (TPSA) is 59.0 Å². The van der Waals surface area contributed by atoms with Gasteiger partial charge in [0.25, 0.3) is 0 Å². The maximum atomic E-state index is 13.1. The molecule has 5 nitrogen and oxygen atoms in total. The maximum Gasteiger partial charge on any atom is 0.416 e. The molecule has 1 unspecified atom stereocenters. The lowest BCUT2D eigenvalue weighted by Gasteiger charge is -2.17. The van der Waals surface area contributed by atoms with Crippen molar-refractivity contribution in [1.82, 2.24) is 20.4 Å². The Hall–Kier alpha value is -2.42. The molecule has 0 saturated heterocycles. The van der Waals surface area contributed by atoms with Crippen LogP contribution in [-0.4, -0.2) is 22.7 Å². The number of amides is 1. The third kappa shape index (κ3) is 4.10. The summed E-state index contributed by atoms with van der Waals surface area (Å²) in [5.41, 5.74) is -0.740. The van der Waals surface area contributed by atoms with Gasteiger partial charge in [-0.05, 0) is 24.7 Å². The first-order valence-corrected chi connectivity index (χ1v) is 7.01. The molecule has 0 bridgehead atoms. The van der Waals surface area contributed by atoms with Crippen molar-refractivity contribution in [2.75, 3.05) is 7.05 Å². The van der Waals surface area contributed by atoms with E-state index in [2.05, 4.69) is 15.7 Å². The van der Waals surface area contributed by atoms with E-state index in [0.29, 0.717) is 11.6 Å². The van der Waals surface area contributed by atoms with Gasteiger partial charge in [-0.1, -0.05) is 6.07 Å². The van der Waals surface area contributed by atoms with E-state index in [4.69, 9.17) is 0 Å². The van der Waals surface area contributed by atoms with Crippen LogP contribution in [0.15, 0.2) is 30.6 Å². The van der Waals surface area contributed by atoms with Gasteiger partial charge in [0.1, 0.15) is 11.9 Å². The molecular formula is C15H16F4N4O. The molecule has 1 aromatic heterocycles. The van der Waals surface area contributed by atoms with Crippen LogP contribution < -0.4 is 10.6 Å². The number of rotatable bonds is 5. The molecular weight excluding hydrogens is 328 g/mol. The highest BCUT2D eigenvalue weighted by Crippen LogP contribution is 2.32. The number of carbonyl (C=O) groups excluding carboxylic acids is 1. The Bertz CT molecular complexity index is 727. The van der Waals surface area contributed by atoms with Gasteiger partial charge in [-0.15, -0.1) is 0 Å². The van der Waals surface area contributed by atoms with Crippen molar-refractivity contribution in [3.63, 3.8) is 0 Å². The van der Waals surface area contributed by atoms with Gasteiger partial charge in [0.2, 0.25) is 5.91 Å². The number of nitrogens with zero attached hydrogens (tertiary/aromatic N) is 2. The standard InChI is InChI=1S/C15H16F4N4O/c1-20-13(10-7-22-23(2)8-10)14(24)21-6-9-3-4-11(16)5-12(9)15(17,18)19/h3-5,7-8,13,20H,6H2,1-2H3,(H,21,24). The predicted molar refractivity (Wildman–Crippen MR) is 78.3 cm³/mol. The lowest BCUT2D eigenvalue weighted by atomic mass is 10.1. The second kappa shape index (κ2) is 7.00. The van der Waals surface area contributed by atoms with Crippen molar-refractivity contribution in [3.8, 4) is 0 Å². The lowest BCUT2D eigenvalue weighted by Crippen LogP contribution is -2.35. The summed E-state index contributed by atoms with van der Waals surface area (Å²) in [5.74, 6) is -1.50. The van der Waals surface area contributed by atoms with Crippen molar-refractivity contribution in [1.29, 1.82) is 0 Å². The van der Waals surface area contributed by atoms with E-state index >= 15 is 0 Å². The minimum atomic E-state index is -4.70. The minimum absolute atomic E-state index is 0.210. The van der Waals surface area contributed by atoms with Gasteiger partial charge >= 0.3 is 6.18 Å². The van der Waals surface area contributed by atoms with Crippen LogP contribution in [0.3, 0.4) is 0 Å². The largest absolute Gasteiger partial charge is 0.416 e. The maximum absolute atomic E-state index is 13.1. The first-order chi connectivity index (χ1) is 11.2. The van der Waals surface area contributed by atoms with Gasteiger partial charge in [0.15, 0.2) is 0 Å². The van der Waals surface area contributed by atoms with Crippen LogP contribution in [0.5, 0.6) is 0 Å². The van der Waals surface area contributed by atoms with Crippen LogP contribution in [0, 0.1) is 5.82 Å². The van der Waals surface area contributed by atoms with Crippen LogP contribution >= 0.6 is 0 Å². The fourth-order valence-corrected chi connectivity index (χ4v) is 2.29. The summed E-state index contributed by atoms with van der Waals surface area (Å²) in [6, 6.07) is 1.59. The Kier molecular flexibility index (Phi) is 5.23. The number of aromatic nitrogens is 2. The number of halogens is 4. The number of hydrogen-bond donors (Lipinski definition) is 2. The van der Waals surface area contributed by atoms with Gasteiger partial charge < -0.3 is 10.6 Å². The van der Waals surface area contributed by atoms with E-state index in [-0.39, 0.29) is 12.1 Å². The Balaban J connectivity index is 2.14. The van der Waals surface area contributed by atoms with Crippen LogP contribution in [0.1, 0.15) is 22.7 Å². The van der Waals surface area contributed by atoms with Crippen LogP contribution in [0.4, 0.5) is 17.6 Å². The fraction of sp³-hybridized carbons (Fsp3) is 0.333. The van der Waals surface area contributed by atoms with Gasteiger partial charge in [-0.25, -0.2) is 4.39 Å². The number of alkyl halides is 3. The highest BCUT2D eigenvalue weighted by atomic mass is 19.4. The Morgan fingerprint density at radius 2 is 2.08 bits per heavy atom. The van der Waals surface area contributed by atoms with E-state index in [1.807, 2.05) is 0 Å². The second-order valence-electron chi connectivity index (χ2n) is 5.19. The number of nitrogens with one attached hydrogen (secondary N) is 2.